The number of terminal acetylenes is 1. The Morgan fingerprint density at radius 1 is 1.12 bits per heavy atom. The van der Waals surface area contributed by atoms with Crippen molar-refractivity contribution in [2.45, 2.75) is 46.1 Å². The molecule has 0 amide bonds. The number of sulfone groups is 1. The molecule has 0 atom stereocenters. The molecule has 6 nitrogen and oxygen atoms in total. The molecule has 7 heteroatoms. The third-order valence-electron chi connectivity index (χ3n) is 6.60. The van der Waals surface area contributed by atoms with Gasteiger partial charge in [-0.1, -0.05) is 18.9 Å². The zero-order valence-electron chi connectivity index (χ0n) is 19.2. The van der Waals surface area contributed by atoms with Crippen molar-refractivity contribution in [1.82, 2.24) is 9.13 Å². The number of carbonyl (C=O) groups is 1. The van der Waals surface area contributed by atoms with Crippen molar-refractivity contribution in [3.8, 4) is 18.0 Å². The van der Waals surface area contributed by atoms with Gasteiger partial charge in [-0.2, -0.15) is 0 Å². The minimum absolute atomic E-state index is 0.0384. The molecular weight excluding hydrogens is 436 g/mol. The molecule has 2 heterocycles. The molecule has 1 aliphatic heterocycles. The van der Waals surface area contributed by atoms with Crippen molar-refractivity contribution in [2.24, 2.45) is 5.41 Å². The molecule has 33 heavy (non-hydrogen) atoms. The first-order chi connectivity index (χ1) is 15.5. The van der Waals surface area contributed by atoms with E-state index in [2.05, 4.69) is 5.92 Å². The molecule has 0 bridgehead atoms. The summed E-state index contributed by atoms with van der Waals surface area (Å²) >= 11 is 0. The van der Waals surface area contributed by atoms with Crippen LogP contribution >= 0.6 is 0 Å². The molecule has 0 saturated carbocycles. The van der Waals surface area contributed by atoms with Crippen molar-refractivity contribution >= 4 is 26.7 Å². The molecule has 1 aliphatic rings. The van der Waals surface area contributed by atoms with Gasteiger partial charge in [0, 0.05) is 23.6 Å². The van der Waals surface area contributed by atoms with E-state index in [0.29, 0.717) is 40.7 Å². The number of imidazole rings is 1. The minimum Gasteiger partial charge on any atom is -0.294 e. The molecule has 0 N–H and O–H groups in total. The van der Waals surface area contributed by atoms with E-state index in [9.17, 15) is 18.0 Å². The van der Waals surface area contributed by atoms with Gasteiger partial charge in [-0.3, -0.25) is 13.9 Å². The van der Waals surface area contributed by atoms with Gasteiger partial charge in [-0.15, -0.1) is 6.42 Å². The number of hydrogen-bond acceptors (Lipinski definition) is 4. The number of nitrogens with zero attached hydrogens (tertiary/aromatic N) is 2. The molecule has 0 radical (unpaired) electrons. The van der Waals surface area contributed by atoms with Crippen molar-refractivity contribution in [3.05, 3.63) is 64.1 Å². The predicted octanol–water partition coefficient (Wildman–Crippen LogP) is 4.14. The van der Waals surface area contributed by atoms with Crippen LogP contribution in [0, 0.1) is 17.8 Å². The number of benzene rings is 2. The summed E-state index contributed by atoms with van der Waals surface area (Å²) in [5.74, 6) is 2.82. The average Bonchev–Trinajstić information content (AvgIpc) is 3.07. The van der Waals surface area contributed by atoms with E-state index < -0.39 is 9.84 Å². The first-order valence-corrected chi connectivity index (χ1v) is 12.9. The van der Waals surface area contributed by atoms with Crippen LogP contribution in [0.4, 0.5) is 0 Å². The fourth-order valence-electron chi connectivity index (χ4n) is 4.57. The fraction of sp³-hybridized carbons (Fsp3) is 0.385. The summed E-state index contributed by atoms with van der Waals surface area (Å²) in [6.45, 7) is 5.85. The predicted molar refractivity (Wildman–Crippen MR) is 131 cm³/mol. The first-order valence-electron chi connectivity index (χ1n) is 11.1. The summed E-state index contributed by atoms with van der Waals surface area (Å²) in [7, 11) is -3.00. The van der Waals surface area contributed by atoms with E-state index in [1.807, 2.05) is 39.0 Å². The highest BCUT2D eigenvalue weighted by molar-refractivity contribution is 7.91. The molecule has 1 aromatic heterocycles. The zero-order valence-corrected chi connectivity index (χ0v) is 20.0. The highest BCUT2D eigenvalue weighted by Gasteiger charge is 2.35. The Labute approximate surface area is 194 Å². The summed E-state index contributed by atoms with van der Waals surface area (Å²) < 4.78 is 26.9. The van der Waals surface area contributed by atoms with Crippen LogP contribution in [0.25, 0.3) is 16.7 Å². The molecule has 172 valence electrons. The van der Waals surface area contributed by atoms with Crippen molar-refractivity contribution in [1.29, 1.82) is 0 Å². The Kier molecular flexibility index (Phi) is 5.83. The fourth-order valence-corrected chi connectivity index (χ4v) is 6.39. The molecule has 0 unspecified atom stereocenters. The number of ketones is 1. The van der Waals surface area contributed by atoms with Gasteiger partial charge in [0.1, 0.15) is 9.84 Å². The molecule has 0 spiro atoms. The third-order valence-corrected chi connectivity index (χ3v) is 8.26. The van der Waals surface area contributed by atoms with Gasteiger partial charge in [-0.05, 0) is 68.5 Å². The van der Waals surface area contributed by atoms with Crippen LogP contribution in [0.15, 0.2) is 47.3 Å². The topological polar surface area (TPSA) is 78.1 Å². The lowest BCUT2D eigenvalue weighted by molar-refractivity contribution is 0.0911. The van der Waals surface area contributed by atoms with Crippen molar-refractivity contribution in [2.75, 3.05) is 11.5 Å². The van der Waals surface area contributed by atoms with Crippen molar-refractivity contribution < 1.29 is 13.2 Å². The maximum atomic E-state index is 13.4. The summed E-state index contributed by atoms with van der Waals surface area (Å²) in [5, 5.41) is 0. The maximum absolute atomic E-state index is 13.4. The van der Waals surface area contributed by atoms with Crippen LogP contribution in [0.3, 0.4) is 0 Å². The summed E-state index contributed by atoms with van der Waals surface area (Å²) in [4.78, 5) is 26.6. The van der Waals surface area contributed by atoms with Crippen LogP contribution in [0.1, 0.15) is 62.0 Å². The molecular formula is C26H28N2O4S. The standard InChI is InChI=1S/C26H28N2O4S/c1-5-19-7-6-8-21(15-19)28-22-10-9-20(16-23(22)27(18(2)3)25(28)30)24(29)17-26(4)11-13-33(31,32)14-12-26/h1,6-10,15-16,18H,11-14,17H2,2-4H3. The Hall–Kier alpha value is -3.11. The van der Waals surface area contributed by atoms with E-state index in [4.69, 9.17) is 6.42 Å². The Bertz CT molecular complexity index is 1440. The van der Waals surface area contributed by atoms with Crippen molar-refractivity contribution in [3.63, 3.8) is 0 Å². The highest BCUT2D eigenvalue weighted by Crippen LogP contribution is 2.36. The average molecular weight is 465 g/mol. The third kappa shape index (κ3) is 4.40. The molecule has 3 aromatic rings. The minimum atomic E-state index is -3.00. The van der Waals surface area contributed by atoms with E-state index in [-0.39, 0.29) is 40.9 Å². The molecule has 0 aliphatic carbocycles. The Balaban J connectivity index is 1.76. The van der Waals surface area contributed by atoms with E-state index in [1.54, 1.807) is 33.4 Å². The van der Waals surface area contributed by atoms with Gasteiger partial charge in [0.15, 0.2) is 5.78 Å². The van der Waals surface area contributed by atoms with Crippen LogP contribution in [-0.4, -0.2) is 34.8 Å². The molecule has 4 rings (SSSR count). The number of carbonyl (C=O) groups excluding carboxylic acids is 1. The summed E-state index contributed by atoms with van der Waals surface area (Å²) in [5.41, 5.74) is 2.74. The second-order valence-electron chi connectivity index (χ2n) is 9.54. The van der Waals surface area contributed by atoms with Gasteiger partial charge >= 0.3 is 5.69 Å². The van der Waals surface area contributed by atoms with Gasteiger partial charge in [-0.25, -0.2) is 13.2 Å². The van der Waals surface area contributed by atoms with Gasteiger partial charge in [0.2, 0.25) is 0 Å². The maximum Gasteiger partial charge on any atom is 0.333 e. The number of Topliss-reactive ketones (excluding diaryl/α,β-unsaturated/α-hetero) is 1. The van der Waals surface area contributed by atoms with Gasteiger partial charge in [0.25, 0.3) is 0 Å². The lowest BCUT2D eigenvalue weighted by atomic mass is 9.78. The van der Waals surface area contributed by atoms with E-state index in [1.165, 1.54) is 0 Å². The van der Waals surface area contributed by atoms with Gasteiger partial charge in [0.05, 0.1) is 28.2 Å². The lowest BCUT2D eigenvalue weighted by Gasteiger charge is -2.32. The van der Waals surface area contributed by atoms with Crippen LogP contribution in [0.2, 0.25) is 0 Å². The zero-order chi connectivity index (χ0) is 24.0. The molecule has 2 aromatic carbocycles. The number of hydrogen-bond donors (Lipinski definition) is 0. The number of aromatic nitrogens is 2. The van der Waals surface area contributed by atoms with E-state index in [0.717, 1.165) is 0 Å². The smallest absolute Gasteiger partial charge is 0.294 e. The number of rotatable bonds is 5. The summed E-state index contributed by atoms with van der Waals surface area (Å²) in [6, 6.07) is 12.5. The second-order valence-corrected chi connectivity index (χ2v) is 11.8. The Morgan fingerprint density at radius 3 is 2.45 bits per heavy atom. The van der Waals surface area contributed by atoms with Crippen LogP contribution in [-0.2, 0) is 9.84 Å². The monoisotopic (exact) mass is 464 g/mol. The first kappa shape index (κ1) is 23.1. The second kappa shape index (κ2) is 8.35. The highest BCUT2D eigenvalue weighted by atomic mass is 32.2. The van der Waals surface area contributed by atoms with Gasteiger partial charge < -0.3 is 0 Å². The van der Waals surface area contributed by atoms with E-state index >= 15 is 0 Å². The quantitative estimate of drug-likeness (QED) is 0.420. The normalized spacial score (nSPS) is 17.2. The number of fused-ring (bicyclic) bond motifs is 1. The Morgan fingerprint density at radius 2 is 1.82 bits per heavy atom. The molecule has 1 fully saturated rings. The lowest BCUT2D eigenvalue weighted by Crippen LogP contribution is -2.33. The SMILES string of the molecule is C#Cc1cccc(-n2c(=O)n(C(C)C)c3cc(C(=O)CC4(C)CCS(=O)(=O)CC4)ccc32)c1. The largest absolute Gasteiger partial charge is 0.333 e. The molecule has 1 saturated heterocycles. The van der Waals surface area contributed by atoms with Crippen LogP contribution in [0.5, 0.6) is 0 Å². The van der Waals surface area contributed by atoms with Crippen LogP contribution < -0.4 is 5.69 Å². The summed E-state index contributed by atoms with van der Waals surface area (Å²) in [6.07, 6.45) is 6.80.